The third kappa shape index (κ3) is 4.38. The number of amides is 1. The van der Waals surface area contributed by atoms with Crippen LogP contribution in [0.1, 0.15) is 11.1 Å². The average molecular weight is 297 g/mol. The van der Waals surface area contributed by atoms with Crippen molar-refractivity contribution in [1.82, 2.24) is 5.32 Å². The molecule has 0 aliphatic heterocycles. The molecular weight excluding hydrogens is 278 g/mol. The minimum absolute atomic E-state index is 0.151. The van der Waals surface area contributed by atoms with E-state index in [1.807, 2.05) is 42.5 Å². The smallest absolute Gasteiger partial charge is 0.244 e. The molecule has 4 nitrogen and oxygen atoms in total. The van der Waals surface area contributed by atoms with Gasteiger partial charge in [0.15, 0.2) is 0 Å². The molecule has 4 heteroatoms. The molecule has 2 aromatic rings. The highest BCUT2D eigenvalue weighted by Gasteiger charge is 2.03. The van der Waals surface area contributed by atoms with Crippen LogP contribution in [0.4, 0.5) is 0 Å². The number of methoxy groups -OCH3 is 2. The number of carbonyl (C=O) groups is 1. The molecule has 0 aromatic heterocycles. The molecule has 0 radical (unpaired) electrons. The summed E-state index contributed by atoms with van der Waals surface area (Å²) < 4.78 is 10.4. The van der Waals surface area contributed by atoms with E-state index in [4.69, 9.17) is 9.47 Å². The van der Waals surface area contributed by atoms with Gasteiger partial charge >= 0.3 is 0 Å². The summed E-state index contributed by atoms with van der Waals surface area (Å²) in [4.78, 5) is 11.8. The van der Waals surface area contributed by atoms with Gasteiger partial charge in [0.05, 0.1) is 14.2 Å². The molecule has 22 heavy (non-hydrogen) atoms. The largest absolute Gasteiger partial charge is 0.497 e. The van der Waals surface area contributed by atoms with Gasteiger partial charge in [0, 0.05) is 24.3 Å². The second-order valence-electron chi connectivity index (χ2n) is 4.64. The van der Waals surface area contributed by atoms with Crippen LogP contribution >= 0.6 is 0 Å². The summed E-state index contributed by atoms with van der Waals surface area (Å²) in [5, 5.41) is 2.84. The minimum Gasteiger partial charge on any atom is -0.497 e. The predicted octanol–water partition coefficient (Wildman–Crippen LogP) is 3.03. The third-order valence-corrected chi connectivity index (χ3v) is 3.16. The molecule has 0 unspecified atom stereocenters. The Morgan fingerprint density at radius 2 is 1.86 bits per heavy atom. The van der Waals surface area contributed by atoms with Crippen LogP contribution in [0.25, 0.3) is 6.08 Å². The van der Waals surface area contributed by atoms with Gasteiger partial charge in [-0.3, -0.25) is 4.79 Å². The van der Waals surface area contributed by atoms with Crippen LogP contribution < -0.4 is 14.8 Å². The molecule has 0 bridgehead atoms. The van der Waals surface area contributed by atoms with E-state index in [1.165, 1.54) is 6.08 Å². The fourth-order valence-corrected chi connectivity index (χ4v) is 1.97. The molecule has 0 saturated carbocycles. The van der Waals surface area contributed by atoms with Crippen LogP contribution in [0.3, 0.4) is 0 Å². The number of hydrogen-bond acceptors (Lipinski definition) is 3. The molecular formula is C18H19NO3. The van der Waals surface area contributed by atoms with Crippen molar-refractivity contribution in [3.8, 4) is 11.5 Å². The quantitative estimate of drug-likeness (QED) is 0.834. The van der Waals surface area contributed by atoms with E-state index in [1.54, 1.807) is 26.4 Å². The molecule has 1 amide bonds. The molecule has 114 valence electrons. The van der Waals surface area contributed by atoms with Crippen LogP contribution in [-0.2, 0) is 11.3 Å². The van der Waals surface area contributed by atoms with Crippen LogP contribution in [0.15, 0.2) is 54.6 Å². The van der Waals surface area contributed by atoms with Crippen LogP contribution in [0, 0.1) is 0 Å². The Morgan fingerprint density at radius 1 is 1.09 bits per heavy atom. The minimum atomic E-state index is -0.151. The Hall–Kier alpha value is -2.75. The van der Waals surface area contributed by atoms with Crippen molar-refractivity contribution in [2.75, 3.05) is 14.2 Å². The SMILES string of the molecule is COc1ccc(/C=C/C(=O)NCc2ccccc2)c(OC)c1. The molecule has 0 atom stereocenters. The lowest BCUT2D eigenvalue weighted by Gasteiger charge is -2.07. The molecule has 0 saturated heterocycles. The monoisotopic (exact) mass is 297 g/mol. The average Bonchev–Trinajstić information content (AvgIpc) is 2.58. The summed E-state index contributed by atoms with van der Waals surface area (Å²) in [7, 11) is 3.18. The third-order valence-electron chi connectivity index (χ3n) is 3.16. The summed E-state index contributed by atoms with van der Waals surface area (Å²) >= 11 is 0. The van der Waals surface area contributed by atoms with Crippen molar-refractivity contribution >= 4 is 12.0 Å². The second-order valence-corrected chi connectivity index (χ2v) is 4.64. The lowest BCUT2D eigenvalue weighted by molar-refractivity contribution is -0.116. The van der Waals surface area contributed by atoms with Crippen LogP contribution in [0.2, 0.25) is 0 Å². The Morgan fingerprint density at radius 3 is 2.55 bits per heavy atom. The summed E-state index contributed by atoms with van der Waals surface area (Å²) in [6, 6.07) is 15.2. The maximum absolute atomic E-state index is 11.8. The van der Waals surface area contributed by atoms with E-state index in [0.29, 0.717) is 18.0 Å². The van der Waals surface area contributed by atoms with Gasteiger partial charge < -0.3 is 14.8 Å². The first-order chi connectivity index (χ1) is 10.7. The molecule has 2 aromatic carbocycles. The topological polar surface area (TPSA) is 47.6 Å². The highest BCUT2D eigenvalue weighted by molar-refractivity contribution is 5.92. The van der Waals surface area contributed by atoms with Gasteiger partial charge in [-0.05, 0) is 23.8 Å². The van der Waals surface area contributed by atoms with E-state index in [9.17, 15) is 4.79 Å². The zero-order valence-electron chi connectivity index (χ0n) is 12.7. The van der Waals surface area contributed by atoms with Gasteiger partial charge in [0.2, 0.25) is 5.91 Å². The van der Waals surface area contributed by atoms with Crippen molar-refractivity contribution < 1.29 is 14.3 Å². The number of ether oxygens (including phenoxy) is 2. The Kier molecular flexibility index (Phi) is 5.60. The lowest BCUT2D eigenvalue weighted by Crippen LogP contribution is -2.20. The maximum Gasteiger partial charge on any atom is 0.244 e. The summed E-state index contributed by atoms with van der Waals surface area (Å²) in [5.74, 6) is 1.22. The predicted molar refractivity (Wildman–Crippen MR) is 86.9 cm³/mol. The van der Waals surface area contributed by atoms with E-state index in [-0.39, 0.29) is 5.91 Å². The Balaban J connectivity index is 1.97. The highest BCUT2D eigenvalue weighted by atomic mass is 16.5. The first-order valence-electron chi connectivity index (χ1n) is 6.95. The lowest BCUT2D eigenvalue weighted by atomic mass is 10.1. The Labute approximate surface area is 130 Å². The van der Waals surface area contributed by atoms with Crippen molar-refractivity contribution in [3.05, 3.63) is 65.7 Å². The number of nitrogens with one attached hydrogen (secondary N) is 1. The van der Waals surface area contributed by atoms with Crippen molar-refractivity contribution in [2.45, 2.75) is 6.54 Å². The van der Waals surface area contributed by atoms with Gasteiger partial charge in [0.25, 0.3) is 0 Å². The molecule has 0 aliphatic carbocycles. The summed E-state index contributed by atoms with van der Waals surface area (Å²) in [6.45, 7) is 0.504. The second kappa shape index (κ2) is 7.88. The number of benzene rings is 2. The highest BCUT2D eigenvalue weighted by Crippen LogP contribution is 2.25. The van der Waals surface area contributed by atoms with Gasteiger partial charge in [-0.15, -0.1) is 0 Å². The van der Waals surface area contributed by atoms with Crippen molar-refractivity contribution in [1.29, 1.82) is 0 Å². The molecule has 0 heterocycles. The van der Waals surface area contributed by atoms with Crippen molar-refractivity contribution in [3.63, 3.8) is 0 Å². The first-order valence-corrected chi connectivity index (χ1v) is 6.95. The van der Waals surface area contributed by atoms with E-state index < -0.39 is 0 Å². The van der Waals surface area contributed by atoms with Crippen LogP contribution in [0.5, 0.6) is 11.5 Å². The van der Waals surface area contributed by atoms with Gasteiger partial charge in [-0.1, -0.05) is 30.3 Å². The molecule has 2 rings (SSSR count). The van der Waals surface area contributed by atoms with Crippen LogP contribution in [-0.4, -0.2) is 20.1 Å². The van der Waals surface area contributed by atoms with E-state index >= 15 is 0 Å². The van der Waals surface area contributed by atoms with E-state index in [0.717, 1.165) is 11.1 Å². The standard InChI is InChI=1S/C18H19NO3/c1-21-16-10-8-15(17(12-16)22-2)9-11-18(20)19-13-14-6-4-3-5-7-14/h3-12H,13H2,1-2H3,(H,19,20)/b11-9+. The fourth-order valence-electron chi connectivity index (χ4n) is 1.97. The normalized spacial score (nSPS) is 10.5. The van der Waals surface area contributed by atoms with Gasteiger partial charge in [-0.2, -0.15) is 0 Å². The number of carbonyl (C=O) groups excluding carboxylic acids is 1. The van der Waals surface area contributed by atoms with Gasteiger partial charge in [0.1, 0.15) is 11.5 Å². The molecule has 0 aliphatic rings. The fraction of sp³-hybridized carbons (Fsp3) is 0.167. The molecule has 0 fully saturated rings. The van der Waals surface area contributed by atoms with Gasteiger partial charge in [-0.25, -0.2) is 0 Å². The van der Waals surface area contributed by atoms with E-state index in [2.05, 4.69) is 5.32 Å². The summed E-state index contributed by atoms with van der Waals surface area (Å²) in [6.07, 6.45) is 3.21. The molecule has 1 N–H and O–H groups in total. The number of rotatable bonds is 6. The summed E-state index contributed by atoms with van der Waals surface area (Å²) in [5.41, 5.74) is 1.88. The zero-order valence-corrected chi connectivity index (χ0v) is 12.7. The Bertz CT molecular complexity index is 651. The maximum atomic E-state index is 11.8. The first kappa shape index (κ1) is 15.6. The zero-order chi connectivity index (χ0) is 15.8. The molecule has 0 spiro atoms. The van der Waals surface area contributed by atoms with Crippen molar-refractivity contribution in [2.24, 2.45) is 0 Å². The number of hydrogen-bond donors (Lipinski definition) is 1.